The molecule has 148 valence electrons. The van der Waals surface area contributed by atoms with Crippen molar-refractivity contribution < 1.29 is 18.0 Å². The second-order valence-electron chi connectivity index (χ2n) is 7.18. The highest BCUT2D eigenvalue weighted by Crippen LogP contribution is 2.36. The first-order chi connectivity index (χ1) is 13.4. The number of amides is 1. The van der Waals surface area contributed by atoms with Crippen LogP contribution in [0.2, 0.25) is 0 Å². The molecule has 1 atom stereocenters. The van der Waals surface area contributed by atoms with Crippen molar-refractivity contribution >= 4 is 11.7 Å². The number of carbonyl (C=O) groups excluding carboxylic acids is 1. The molecule has 2 N–H and O–H groups in total. The van der Waals surface area contributed by atoms with Crippen LogP contribution in [0.1, 0.15) is 33.5 Å². The number of nitrogens with zero attached hydrogens (tertiary/aromatic N) is 2. The molecular formula is C20H21F3N4O. The summed E-state index contributed by atoms with van der Waals surface area (Å²) in [6, 6.07) is 7.91. The average Bonchev–Trinajstić information content (AvgIpc) is 3.19. The zero-order valence-electron chi connectivity index (χ0n) is 15.2. The van der Waals surface area contributed by atoms with E-state index in [9.17, 15) is 18.0 Å². The molecule has 28 heavy (non-hydrogen) atoms. The number of halogens is 3. The van der Waals surface area contributed by atoms with Gasteiger partial charge in [-0.1, -0.05) is 12.1 Å². The summed E-state index contributed by atoms with van der Waals surface area (Å²) in [7, 11) is 0. The molecule has 0 radical (unpaired) electrons. The van der Waals surface area contributed by atoms with Crippen molar-refractivity contribution in [2.45, 2.75) is 31.6 Å². The second kappa shape index (κ2) is 7.43. The molecular weight excluding hydrogens is 369 g/mol. The second-order valence-corrected chi connectivity index (χ2v) is 7.18. The Morgan fingerprint density at radius 2 is 2.11 bits per heavy atom. The molecule has 1 aromatic carbocycles. The summed E-state index contributed by atoms with van der Waals surface area (Å²) < 4.78 is 39.6. The van der Waals surface area contributed by atoms with E-state index >= 15 is 0 Å². The number of benzene rings is 1. The summed E-state index contributed by atoms with van der Waals surface area (Å²) in [5.74, 6) is 0.494. The number of hydrogen-bond donors (Lipinski definition) is 2. The van der Waals surface area contributed by atoms with Gasteiger partial charge in [0, 0.05) is 31.9 Å². The first-order valence-corrected chi connectivity index (χ1v) is 9.32. The number of pyridine rings is 1. The van der Waals surface area contributed by atoms with Gasteiger partial charge in [-0.2, -0.15) is 13.2 Å². The standard InChI is InChI=1S/C20H21F3N4O/c21-20(22,23)17-3-1-2-14-12-27(9-7-16(14)17)18-5-4-13(10-25-18)19(28)26-15-6-8-24-11-15/h1-5,10,15,24H,6-9,11-12H2,(H,26,28). The maximum Gasteiger partial charge on any atom is 0.416 e. The van der Waals surface area contributed by atoms with E-state index in [0.717, 1.165) is 25.6 Å². The van der Waals surface area contributed by atoms with Crippen molar-refractivity contribution in [1.29, 1.82) is 0 Å². The largest absolute Gasteiger partial charge is 0.416 e. The molecule has 1 unspecified atom stereocenters. The Morgan fingerprint density at radius 3 is 2.79 bits per heavy atom. The van der Waals surface area contributed by atoms with Crippen LogP contribution in [0.25, 0.3) is 0 Å². The van der Waals surface area contributed by atoms with Gasteiger partial charge in [0.15, 0.2) is 0 Å². The van der Waals surface area contributed by atoms with Gasteiger partial charge in [0.1, 0.15) is 5.82 Å². The molecule has 2 aliphatic heterocycles. The van der Waals surface area contributed by atoms with Crippen LogP contribution in [0.4, 0.5) is 19.0 Å². The van der Waals surface area contributed by atoms with E-state index < -0.39 is 11.7 Å². The third-order valence-electron chi connectivity index (χ3n) is 5.30. The van der Waals surface area contributed by atoms with Gasteiger partial charge in [-0.25, -0.2) is 4.98 Å². The lowest BCUT2D eigenvalue weighted by Crippen LogP contribution is -2.36. The molecule has 0 spiro atoms. The summed E-state index contributed by atoms with van der Waals surface area (Å²) in [5, 5.41) is 6.16. The van der Waals surface area contributed by atoms with Crippen LogP contribution in [0, 0.1) is 0 Å². The molecule has 1 amide bonds. The Balaban J connectivity index is 1.47. The molecule has 0 aliphatic carbocycles. The van der Waals surface area contributed by atoms with E-state index in [1.807, 2.05) is 4.90 Å². The highest BCUT2D eigenvalue weighted by molar-refractivity contribution is 5.94. The van der Waals surface area contributed by atoms with Crippen LogP contribution in [0.15, 0.2) is 36.5 Å². The topological polar surface area (TPSA) is 57.3 Å². The van der Waals surface area contributed by atoms with E-state index in [1.165, 1.54) is 12.3 Å². The van der Waals surface area contributed by atoms with Crippen LogP contribution in [0.3, 0.4) is 0 Å². The molecule has 1 aromatic heterocycles. The van der Waals surface area contributed by atoms with Crippen LogP contribution in [-0.4, -0.2) is 36.6 Å². The maximum atomic E-state index is 13.2. The molecule has 2 aliphatic rings. The van der Waals surface area contributed by atoms with Gasteiger partial charge in [-0.3, -0.25) is 4.79 Å². The van der Waals surface area contributed by atoms with Crippen LogP contribution < -0.4 is 15.5 Å². The van der Waals surface area contributed by atoms with Crippen molar-refractivity contribution in [2.24, 2.45) is 0 Å². The van der Waals surface area contributed by atoms with Crippen LogP contribution in [0.5, 0.6) is 0 Å². The number of carbonyl (C=O) groups is 1. The Bertz CT molecular complexity index is 861. The van der Waals surface area contributed by atoms with E-state index in [0.29, 0.717) is 42.0 Å². The zero-order chi connectivity index (χ0) is 19.7. The third-order valence-corrected chi connectivity index (χ3v) is 5.30. The number of anilines is 1. The quantitative estimate of drug-likeness (QED) is 0.846. The average molecular weight is 390 g/mol. The van der Waals surface area contributed by atoms with Crippen molar-refractivity contribution in [3.63, 3.8) is 0 Å². The number of hydrogen-bond acceptors (Lipinski definition) is 4. The van der Waals surface area contributed by atoms with E-state index in [1.54, 1.807) is 18.2 Å². The highest BCUT2D eigenvalue weighted by atomic mass is 19.4. The predicted octanol–water partition coefficient (Wildman–Crippen LogP) is 2.75. The minimum Gasteiger partial charge on any atom is -0.352 e. The minimum atomic E-state index is -4.34. The van der Waals surface area contributed by atoms with E-state index in [4.69, 9.17) is 0 Å². The van der Waals surface area contributed by atoms with E-state index in [2.05, 4.69) is 15.6 Å². The fraction of sp³-hybridized carbons (Fsp3) is 0.400. The molecule has 1 saturated heterocycles. The van der Waals surface area contributed by atoms with Gasteiger partial charge < -0.3 is 15.5 Å². The molecule has 4 rings (SSSR count). The Morgan fingerprint density at radius 1 is 1.25 bits per heavy atom. The zero-order valence-corrected chi connectivity index (χ0v) is 15.2. The smallest absolute Gasteiger partial charge is 0.352 e. The summed E-state index contributed by atoms with van der Waals surface area (Å²) in [6.07, 6.45) is -1.60. The number of alkyl halides is 3. The van der Waals surface area contributed by atoms with Crippen LogP contribution in [-0.2, 0) is 19.1 Å². The van der Waals surface area contributed by atoms with Crippen molar-refractivity contribution in [3.8, 4) is 0 Å². The van der Waals surface area contributed by atoms with Gasteiger partial charge in [-0.15, -0.1) is 0 Å². The normalized spacial score (nSPS) is 19.4. The maximum absolute atomic E-state index is 13.2. The van der Waals surface area contributed by atoms with Gasteiger partial charge in [-0.05, 0) is 48.7 Å². The lowest BCUT2D eigenvalue weighted by atomic mass is 9.94. The number of nitrogens with one attached hydrogen (secondary N) is 2. The molecule has 0 saturated carbocycles. The minimum absolute atomic E-state index is 0.133. The van der Waals surface area contributed by atoms with Crippen LogP contribution >= 0.6 is 0 Å². The van der Waals surface area contributed by atoms with Gasteiger partial charge in [0.25, 0.3) is 5.91 Å². The first kappa shape index (κ1) is 18.7. The summed E-state index contributed by atoms with van der Waals surface area (Å²) in [6.45, 7) is 2.48. The number of fused-ring (bicyclic) bond motifs is 1. The van der Waals surface area contributed by atoms with Gasteiger partial charge in [0.2, 0.25) is 0 Å². The fourth-order valence-electron chi connectivity index (χ4n) is 3.82. The lowest BCUT2D eigenvalue weighted by Gasteiger charge is -2.31. The van der Waals surface area contributed by atoms with E-state index in [-0.39, 0.29) is 11.9 Å². The Labute approximate surface area is 160 Å². The highest BCUT2D eigenvalue weighted by Gasteiger charge is 2.35. The third kappa shape index (κ3) is 3.82. The summed E-state index contributed by atoms with van der Waals surface area (Å²) in [4.78, 5) is 18.6. The fourth-order valence-corrected chi connectivity index (χ4v) is 3.82. The Kier molecular flexibility index (Phi) is 4.97. The number of aromatic nitrogens is 1. The number of rotatable bonds is 3. The van der Waals surface area contributed by atoms with Gasteiger partial charge in [0.05, 0.1) is 11.1 Å². The molecule has 1 fully saturated rings. The van der Waals surface area contributed by atoms with Crippen molar-refractivity contribution in [2.75, 3.05) is 24.5 Å². The SMILES string of the molecule is O=C(NC1CCNC1)c1ccc(N2CCc3c(cccc3C(F)(F)F)C2)nc1. The summed E-state index contributed by atoms with van der Waals surface area (Å²) in [5.41, 5.74) is 0.962. The lowest BCUT2D eigenvalue weighted by molar-refractivity contribution is -0.138. The monoisotopic (exact) mass is 390 g/mol. The molecule has 0 bridgehead atoms. The Hall–Kier alpha value is -2.61. The van der Waals surface area contributed by atoms with Gasteiger partial charge >= 0.3 is 6.18 Å². The molecule has 5 nitrogen and oxygen atoms in total. The molecule has 8 heteroatoms. The summed E-state index contributed by atoms with van der Waals surface area (Å²) >= 11 is 0. The molecule has 3 heterocycles. The molecule has 2 aromatic rings. The van der Waals surface area contributed by atoms with Crippen molar-refractivity contribution in [3.05, 3.63) is 58.8 Å². The first-order valence-electron chi connectivity index (χ1n) is 9.32. The predicted molar refractivity (Wildman–Crippen MR) is 99.2 cm³/mol. The van der Waals surface area contributed by atoms with Crippen molar-refractivity contribution in [1.82, 2.24) is 15.6 Å².